The van der Waals surface area contributed by atoms with Gasteiger partial charge in [-0.05, 0) is 38.4 Å². The van der Waals surface area contributed by atoms with Crippen LogP contribution in [0.1, 0.15) is 19.8 Å². The Kier molecular flexibility index (Phi) is 6.42. The number of methoxy groups -OCH3 is 1. The van der Waals surface area contributed by atoms with Crippen LogP contribution in [0.5, 0.6) is 5.75 Å². The Labute approximate surface area is 131 Å². The summed E-state index contributed by atoms with van der Waals surface area (Å²) in [7, 11) is 3.11. The standard InChI is InChI=1S/C15H21FN2O2.ClH/c1-10-8-11(6-7-17-10)15(19)18(2)12-4-5-14(20-3)13(16)9-12;/h4-5,9-11,17H,6-8H2,1-3H3;1H/t10-,11-;/m0./s1. The molecule has 1 saturated heterocycles. The third kappa shape index (κ3) is 4.08. The van der Waals surface area contributed by atoms with Crippen LogP contribution in [0, 0.1) is 11.7 Å². The molecule has 1 N–H and O–H groups in total. The van der Waals surface area contributed by atoms with Gasteiger partial charge in [0.05, 0.1) is 7.11 Å². The number of anilines is 1. The molecule has 4 nitrogen and oxygen atoms in total. The number of benzene rings is 1. The van der Waals surface area contributed by atoms with Gasteiger partial charge in [-0.25, -0.2) is 4.39 Å². The molecule has 1 heterocycles. The first-order valence-electron chi connectivity index (χ1n) is 6.87. The zero-order chi connectivity index (χ0) is 14.7. The molecular formula is C15H22ClFN2O2. The van der Waals surface area contributed by atoms with E-state index in [1.807, 2.05) is 0 Å². The highest BCUT2D eigenvalue weighted by atomic mass is 35.5. The molecule has 0 saturated carbocycles. The Morgan fingerprint density at radius 3 is 2.76 bits per heavy atom. The van der Waals surface area contributed by atoms with Crippen LogP contribution < -0.4 is 15.0 Å². The first-order chi connectivity index (χ1) is 9.52. The fraction of sp³-hybridized carbons (Fsp3) is 0.533. The molecule has 21 heavy (non-hydrogen) atoms. The van der Waals surface area contributed by atoms with E-state index in [0.717, 1.165) is 19.4 Å². The van der Waals surface area contributed by atoms with Gasteiger partial charge in [-0.2, -0.15) is 0 Å². The minimum absolute atomic E-state index is 0. The van der Waals surface area contributed by atoms with E-state index in [9.17, 15) is 9.18 Å². The van der Waals surface area contributed by atoms with Crippen molar-refractivity contribution in [2.24, 2.45) is 5.92 Å². The number of amides is 1. The Morgan fingerprint density at radius 1 is 1.48 bits per heavy atom. The number of halogens is 2. The van der Waals surface area contributed by atoms with Gasteiger partial charge in [-0.1, -0.05) is 0 Å². The van der Waals surface area contributed by atoms with Crippen LogP contribution in [0.2, 0.25) is 0 Å². The number of carbonyl (C=O) groups excluding carboxylic acids is 1. The fourth-order valence-electron chi connectivity index (χ4n) is 2.62. The van der Waals surface area contributed by atoms with Crippen molar-refractivity contribution in [2.75, 3.05) is 25.6 Å². The first-order valence-corrected chi connectivity index (χ1v) is 6.87. The van der Waals surface area contributed by atoms with E-state index in [2.05, 4.69) is 12.2 Å². The molecule has 1 aliphatic rings. The van der Waals surface area contributed by atoms with E-state index in [1.54, 1.807) is 19.2 Å². The number of nitrogens with one attached hydrogen (secondary N) is 1. The maximum atomic E-state index is 13.7. The second-order valence-corrected chi connectivity index (χ2v) is 5.29. The molecule has 2 rings (SSSR count). The van der Waals surface area contributed by atoms with E-state index in [-0.39, 0.29) is 30.0 Å². The van der Waals surface area contributed by atoms with E-state index in [1.165, 1.54) is 18.1 Å². The summed E-state index contributed by atoms with van der Waals surface area (Å²) < 4.78 is 18.6. The lowest BCUT2D eigenvalue weighted by Crippen LogP contribution is -2.43. The van der Waals surface area contributed by atoms with Gasteiger partial charge in [0, 0.05) is 30.8 Å². The second-order valence-electron chi connectivity index (χ2n) is 5.29. The van der Waals surface area contributed by atoms with Crippen LogP contribution in [0.4, 0.5) is 10.1 Å². The first kappa shape index (κ1) is 17.7. The lowest BCUT2D eigenvalue weighted by molar-refractivity contribution is -0.123. The molecule has 6 heteroatoms. The predicted molar refractivity (Wildman–Crippen MR) is 83.8 cm³/mol. The Bertz CT molecular complexity index is 499. The largest absolute Gasteiger partial charge is 0.494 e. The van der Waals surface area contributed by atoms with Crippen LogP contribution in [-0.4, -0.2) is 32.7 Å². The molecule has 0 radical (unpaired) electrons. The van der Waals surface area contributed by atoms with Crippen molar-refractivity contribution in [3.8, 4) is 5.75 Å². The monoisotopic (exact) mass is 316 g/mol. The SMILES string of the molecule is COc1ccc(N(C)C(=O)[C@H]2CCN[C@@H](C)C2)cc1F.Cl. The van der Waals surface area contributed by atoms with Crippen LogP contribution in [0.15, 0.2) is 18.2 Å². The van der Waals surface area contributed by atoms with E-state index < -0.39 is 5.82 Å². The molecule has 0 spiro atoms. The Balaban J connectivity index is 0.00000220. The zero-order valence-electron chi connectivity index (χ0n) is 12.6. The highest BCUT2D eigenvalue weighted by molar-refractivity contribution is 5.94. The number of hydrogen-bond acceptors (Lipinski definition) is 3. The fourth-order valence-corrected chi connectivity index (χ4v) is 2.62. The van der Waals surface area contributed by atoms with Crippen molar-refractivity contribution in [1.29, 1.82) is 0 Å². The second kappa shape index (κ2) is 7.61. The third-order valence-electron chi connectivity index (χ3n) is 3.83. The van der Waals surface area contributed by atoms with Crippen molar-refractivity contribution < 1.29 is 13.9 Å². The molecule has 2 atom stereocenters. The molecule has 0 unspecified atom stereocenters. The van der Waals surface area contributed by atoms with Crippen molar-refractivity contribution in [3.05, 3.63) is 24.0 Å². The highest BCUT2D eigenvalue weighted by Gasteiger charge is 2.27. The molecular weight excluding hydrogens is 295 g/mol. The lowest BCUT2D eigenvalue weighted by atomic mass is 9.92. The molecule has 118 valence electrons. The van der Waals surface area contributed by atoms with E-state index in [0.29, 0.717) is 11.7 Å². The molecule has 0 aromatic heterocycles. The predicted octanol–water partition coefficient (Wildman–Crippen LogP) is 2.61. The number of nitrogens with zero attached hydrogens (tertiary/aromatic N) is 1. The van der Waals surface area contributed by atoms with Crippen molar-refractivity contribution in [3.63, 3.8) is 0 Å². The summed E-state index contributed by atoms with van der Waals surface area (Å²) in [5.74, 6) is -0.224. The summed E-state index contributed by atoms with van der Waals surface area (Å²) in [5.41, 5.74) is 0.555. The van der Waals surface area contributed by atoms with Gasteiger partial charge < -0.3 is 15.0 Å². The summed E-state index contributed by atoms with van der Waals surface area (Å²) >= 11 is 0. The minimum atomic E-state index is -0.455. The molecule has 1 aromatic rings. The summed E-state index contributed by atoms with van der Waals surface area (Å²) in [6.07, 6.45) is 1.65. The lowest BCUT2D eigenvalue weighted by Gasteiger charge is -2.30. The maximum Gasteiger partial charge on any atom is 0.229 e. The van der Waals surface area contributed by atoms with Crippen molar-refractivity contribution in [2.45, 2.75) is 25.8 Å². The summed E-state index contributed by atoms with van der Waals surface area (Å²) in [6.45, 7) is 2.93. The van der Waals surface area contributed by atoms with Gasteiger partial charge in [0.15, 0.2) is 11.6 Å². The zero-order valence-corrected chi connectivity index (χ0v) is 13.4. The van der Waals surface area contributed by atoms with Crippen LogP contribution >= 0.6 is 12.4 Å². The van der Waals surface area contributed by atoms with Gasteiger partial charge in [0.1, 0.15) is 0 Å². The molecule has 0 bridgehead atoms. The number of rotatable bonds is 3. The maximum absolute atomic E-state index is 13.7. The topological polar surface area (TPSA) is 41.6 Å². The van der Waals surface area contributed by atoms with Gasteiger partial charge in [0.25, 0.3) is 0 Å². The average molecular weight is 317 g/mol. The summed E-state index contributed by atoms with van der Waals surface area (Å²) in [5, 5.41) is 3.32. The summed E-state index contributed by atoms with van der Waals surface area (Å²) in [6, 6.07) is 4.92. The smallest absolute Gasteiger partial charge is 0.229 e. The molecule has 1 fully saturated rings. The van der Waals surface area contributed by atoms with Crippen LogP contribution in [-0.2, 0) is 4.79 Å². The van der Waals surface area contributed by atoms with Gasteiger partial charge in [-0.15, -0.1) is 12.4 Å². The third-order valence-corrected chi connectivity index (χ3v) is 3.83. The Hall–Kier alpha value is -1.33. The summed E-state index contributed by atoms with van der Waals surface area (Å²) in [4.78, 5) is 14.0. The van der Waals surface area contributed by atoms with Crippen LogP contribution in [0.25, 0.3) is 0 Å². The molecule has 0 aliphatic carbocycles. The van der Waals surface area contributed by atoms with Gasteiger partial charge >= 0.3 is 0 Å². The number of piperidine rings is 1. The van der Waals surface area contributed by atoms with Crippen molar-refractivity contribution in [1.82, 2.24) is 5.32 Å². The van der Waals surface area contributed by atoms with Crippen molar-refractivity contribution >= 4 is 24.0 Å². The quantitative estimate of drug-likeness (QED) is 0.932. The van der Waals surface area contributed by atoms with E-state index in [4.69, 9.17) is 4.74 Å². The number of hydrogen-bond donors (Lipinski definition) is 1. The normalized spacial score (nSPS) is 21.3. The van der Waals surface area contributed by atoms with E-state index >= 15 is 0 Å². The molecule has 1 amide bonds. The number of carbonyl (C=O) groups is 1. The van der Waals surface area contributed by atoms with Gasteiger partial charge in [0.2, 0.25) is 5.91 Å². The van der Waals surface area contributed by atoms with Gasteiger partial charge in [-0.3, -0.25) is 4.79 Å². The average Bonchev–Trinajstić information content (AvgIpc) is 2.45. The molecule has 1 aromatic carbocycles. The Morgan fingerprint density at radius 2 is 2.19 bits per heavy atom. The minimum Gasteiger partial charge on any atom is -0.494 e. The highest BCUT2D eigenvalue weighted by Crippen LogP contribution is 2.26. The number of ether oxygens (including phenoxy) is 1. The molecule has 1 aliphatic heterocycles. The van der Waals surface area contributed by atoms with Crippen LogP contribution in [0.3, 0.4) is 0 Å².